The summed E-state index contributed by atoms with van der Waals surface area (Å²) in [6.45, 7) is 8.90. The fourth-order valence-corrected chi connectivity index (χ4v) is 6.35. The Labute approximate surface area is 141 Å². The van der Waals surface area contributed by atoms with Gasteiger partial charge in [0.2, 0.25) is 0 Å². The topological polar surface area (TPSA) is 88.1 Å². The molecule has 24 heavy (non-hydrogen) atoms. The second-order valence-electron chi connectivity index (χ2n) is 7.79. The zero-order valence-corrected chi connectivity index (χ0v) is 14.8. The molecule has 6 atom stereocenters. The van der Waals surface area contributed by atoms with Crippen LogP contribution in [-0.4, -0.2) is 49.8 Å². The molecule has 8 heteroatoms. The predicted molar refractivity (Wildman–Crippen MR) is 82.3 cm³/mol. The van der Waals surface area contributed by atoms with E-state index in [2.05, 4.69) is 6.58 Å². The molecular formula is C16H22O7S. The predicted octanol–water partition coefficient (Wildman–Crippen LogP) is 1.13. The van der Waals surface area contributed by atoms with Gasteiger partial charge in [0.15, 0.2) is 5.79 Å². The van der Waals surface area contributed by atoms with E-state index in [1.807, 2.05) is 0 Å². The summed E-state index contributed by atoms with van der Waals surface area (Å²) in [6.07, 6.45) is 0.143. The summed E-state index contributed by atoms with van der Waals surface area (Å²) in [5, 5.41) is -0.432. The molecule has 2 aliphatic heterocycles. The summed E-state index contributed by atoms with van der Waals surface area (Å²) in [7, 11) is -3.53. The van der Waals surface area contributed by atoms with Crippen molar-refractivity contribution in [1.82, 2.24) is 0 Å². The maximum atomic E-state index is 12.1. The standard InChI is InChI=1S/C16H22O7S/c1-8(2)14(17)22-15(3,4)12-7-20-16(21-12)9-5-10-11(6-9)24(18,19)23-13(10)16/h9-13H,1,5-7H2,2-4H3. The summed E-state index contributed by atoms with van der Waals surface area (Å²) in [6, 6.07) is 0. The van der Waals surface area contributed by atoms with E-state index in [0.717, 1.165) is 6.42 Å². The number of esters is 1. The second kappa shape index (κ2) is 4.81. The Morgan fingerprint density at radius 2 is 2.04 bits per heavy atom. The van der Waals surface area contributed by atoms with Crippen LogP contribution in [-0.2, 0) is 33.3 Å². The first kappa shape index (κ1) is 16.5. The molecule has 2 bridgehead atoms. The Morgan fingerprint density at radius 1 is 1.33 bits per heavy atom. The van der Waals surface area contributed by atoms with Gasteiger partial charge in [-0.25, -0.2) is 4.79 Å². The third-order valence-electron chi connectivity index (χ3n) is 5.78. The molecule has 134 valence electrons. The molecule has 7 nitrogen and oxygen atoms in total. The van der Waals surface area contributed by atoms with Gasteiger partial charge in [-0.15, -0.1) is 0 Å². The lowest BCUT2D eigenvalue weighted by molar-refractivity contribution is -0.249. The van der Waals surface area contributed by atoms with E-state index in [0.29, 0.717) is 12.0 Å². The van der Waals surface area contributed by atoms with Crippen molar-refractivity contribution >= 4 is 16.1 Å². The van der Waals surface area contributed by atoms with Gasteiger partial charge in [0, 0.05) is 17.4 Å². The van der Waals surface area contributed by atoms with Crippen LogP contribution in [0.5, 0.6) is 0 Å². The van der Waals surface area contributed by atoms with E-state index in [9.17, 15) is 13.2 Å². The first-order valence-corrected chi connectivity index (χ1v) is 9.67. The van der Waals surface area contributed by atoms with Crippen molar-refractivity contribution in [2.45, 2.75) is 62.5 Å². The van der Waals surface area contributed by atoms with Gasteiger partial charge in [0.05, 0.1) is 11.9 Å². The maximum Gasteiger partial charge on any atom is 0.333 e. The number of ether oxygens (including phenoxy) is 3. The van der Waals surface area contributed by atoms with E-state index < -0.39 is 44.9 Å². The van der Waals surface area contributed by atoms with Crippen LogP contribution in [0.4, 0.5) is 0 Å². The molecule has 4 aliphatic rings. The molecular weight excluding hydrogens is 336 g/mol. The summed E-state index contributed by atoms with van der Waals surface area (Å²) in [5.41, 5.74) is -0.609. The highest BCUT2D eigenvalue weighted by atomic mass is 32.2. The first-order chi connectivity index (χ1) is 11.1. The molecule has 0 aromatic carbocycles. The lowest BCUT2D eigenvalue weighted by Gasteiger charge is -2.37. The van der Waals surface area contributed by atoms with E-state index in [-0.39, 0.29) is 18.4 Å². The maximum absolute atomic E-state index is 12.1. The molecule has 6 unspecified atom stereocenters. The number of hydrogen-bond donors (Lipinski definition) is 0. The fraction of sp³-hybridized carbons (Fsp3) is 0.812. The lowest BCUT2D eigenvalue weighted by Crippen LogP contribution is -2.51. The largest absolute Gasteiger partial charge is 0.453 e. The Morgan fingerprint density at radius 3 is 2.71 bits per heavy atom. The van der Waals surface area contributed by atoms with Gasteiger partial charge in [-0.1, -0.05) is 6.58 Å². The average molecular weight is 358 g/mol. The van der Waals surface area contributed by atoms with E-state index in [4.69, 9.17) is 18.4 Å². The average Bonchev–Trinajstić information content (AvgIpc) is 3.17. The Kier molecular flexibility index (Phi) is 3.31. The SMILES string of the molecule is C=C(C)C(=O)OC(C)(C)C1COC2(O1)C1CC3C2OS(=O)(=O)C3C1. The van der Waals surface area contributed by atoms with Gasteiger partial charge in [-0.3, -0.25) is 4.18 Å². The minimum atomic E-state index is -3.53. The van der Waals surface area contributed by atoms with Crippen molar-refractivity contribution < 1.29 is 31.6 Å². The van der Waals surface area contributed by atoms with Crippen molar-refractivity contribution in [3.05, 3.63) is 12.2 Å². The quantitative estimate of drug-likeness (QED) is 0.424. The number of hydrogen-bond acceptors (Lipinski definition) is 7. The van der Waals surface area contributed by atoms with Crippen LogP contribution in [0.2, 0.25) is 0 Å². The summed E-state index contributed by atoms with van der Waals surface area (Å²) in [5.74, 6) is -1.60. The van der Waals surface area contributed by atoms with E-state index in [1.165, 1.54) is 0 Å². The second-order valence-corrected chi connectivity index (χ2v) is 9.58. The molecule has 1 spiro atoms. The summed E-state index contributed by atoms with van der Waals surface area (Å²) in [4.78, 5) is 11.8. The smallest absolute Gasteiger partial charge is 0.333 e. The van der Waals surface area contributed by atoms with Crippen LogP contribution in [0.15, 0.2) is 12.2 Å². The number of rotatable bonds is 3. The molecule has 2 saturated heterocycles. The molecule has 0 N–H and O–H groups in total. The van der Waals surface area contributed by atoms with Crippen LogP contribution in [0, 0.1) is 11.8 Å². The van der Waals surface area contributed by atoms with Crippen LogP contribution in [0.3, 0.4) is 0 Å². The minimum absolute atomic E-state index is 0.00702. The van der Waals surface area contributed by atoms with Crippen molar-refractivity contribution in [1.29, 1.82) is 0 Å². The third kappa shape index (κ3) is 2.06. The fourth-order valence-electron chi connectivity index (χ4n) is 4.49. The molecule has 0 aromatic rings. The first-order valence-electron chi connectivity index (χ1n) is 8.19. The van der Waals surface area contributed by atoms with Crippen molar-refractivity contribution in [2.24, 2.45) is 11.8 Å². The van der Waals surface area contributed by atoms with Crippen LogP contribution < -0.4 is 0 Å². The van der Waals surface area contributed by atoms with Gasteiger partial charge in [0.25, 0.3) is 10.1 Å². The van der Waals surface area contributed by atoms with Crippen LogP contribution >= 0.6 is 0 Å². The molecule has 0 aromatic heterocycles. The van der Waals surface area contributed by atoms with Crippen molar-refractivity contribution in [3.8, 4) is 0 Å². The number of fused-ring (bicyclic) bond motifs is 3. The monoisotopic (exact) mass is 358 g/mol. The normalized spacial score (nSPS) is 45.0. The van der Waals surface area contributed by atoms with Crippen molar-refractivity contribution in [3.63, 3.8) is 0 Å². The third-order valence-corrected chi connectivity index (χ3v) is 7.54. The lowest BCUT2D eigenvalue weighted by atomic mass is 9.91. The van der Waals surface area contributed by atoms with E-state index in [1.54, 1.807) is 20.8 Å². The number of carbonyl (C=O) groups excluding carboxylic acids is 1. The van der Waals surface area contributed by atoms with Gasteiger partial charge in [0.1, 0.15) is 17.8 Å². The minimum Gasteiger partial charge on any atom is -0.453 e. The molecule has 2 saturated carbocycles. The van der Waals surface area contributed by atoms with Gasteiger partial charge in [-0.2, -0.15) is 8.42 Å². The zero-order valence-electron chi connectivity index (χ0n) is 14.0. The highest BCUT2D eigenvalue weighted by Crippen LogP contribution is 2.62. The molecule has 0 radical (unpaired) electrons. The van der Waals surface area contributed by atoms with Crippen molar-refractivity contribution in [2.75, 3.05) is 6.61 Å². The Balaban J connectivity index is 1.55. The van der Waals surface area contributed by atoms with Gasteiger partial charge < -0.3 is 14.2 Å². The highest BCUT2D eigenvalue weighted by molar-refractivity contribution is 7.87. The molecule has 4 fully saturated rings. The molecule has 2 aliphatic carbocycles. The highest BCUT2D eigenvalue weighted by Gasteiger charge is 2.74. The Bertz CT molecular complexity index is 712. The van der Waals surface area contributed by atoms with E-state index >= 15 is 0 Å². The van der Waals surface area contributed by atoms with Crippen LogP contribution in [0.25, 0.3) is 0 Å². The molecule has 4 rings (SSSR count). The zero-order chi connectivity index (χ0) is 17.5. The van der Waals surface area contributed by atoms with Crippen LogP contribution in [0.1, 0.15) is 33.6 Å². The summed E-state index contributed by atoms with van der Waals surface area (Å²) < 4.78 is 47.2. The van der Waals surface area contributed by atoms with Gasteiger partial charge >= 0.3 is 5.97 Å². The summed E-state index contributed by atoms with van der Waals surface area (Å²) >= 11 is 0. The Hall–Kier alpha value is -0.960. The number of carbonyl (C=O) groups is 1. The van der Waals surface area contributed by atoms with Gasteiger partial charge in [-0.05, 0) is 33.6 Å². The molecule has 0 amide bonds. The molecule has 2 heterocycles.